The van der Waals surface area contributed by atoms with Crippen molar-refractivity contribution < 1.29 is 14.6 Å². The number of nitrogens with zero attached hydrogens (tertiary/aromatic N) is 5. The van der Waals surface area contributed by atoms with E-state index in [0.29, 0.717) is 11.8 Å². The molecular weight excluding hydrogens is 502 g/mol. The van der Waals surface area contributed by atoms with Crippen LogP contribution in [0.15, 0.2) is 48.8 Å². The molecule has 8 nitrogen and oxygen atoms in total. The van der Waals surface area contributed by atoms with E-state index in [4.69, 9.17) is 4.74 Å². The van der Waals surface area contributed by atoms with Gasteiger partial charge >= 0.3 is 0 Å². The molecule has 3 aromatic rings. The summed E-state index contributed by atoms with van der Waals surface area (Å²) in [5.74, 6) is 1.29. The first-order valence-corrected chi connectivity index (χ1v) is 14.9. The number of hydrogen-bond donors (Lipinski definition) is 1. The second-order valence-electron chi connectivity index (χ2n) is 12.2. The Balaban J connectivity index is 1.16. The van der Waals surface area contributed by atoms with Gasteiger partial charge in [-0.15, -0.1) is 0 Å². The number of piperidine rings is 1. The Labute approximate surface area is 237 Å². The Morgan fingerprint density at radius 2 is 1.75 bits per heavy atom. The molecule has 1 amide bonds. The van der Waals surface area contributed by atoms with E-state index in [-0.39, 0.29) is 24.2 Å². The van der Waals surface area contributed by atoms with Crippen molar-refractivity contribution >= 4 is 17.1 Å². The number of carbonyl (C=O) groups excluding carboxylic acids is 1. The van der Waals surface area contributed by atoms with Crippen molar-refractivity contribution in [3.8, 4) is 11.1 Å². The first-order valence-electron chi connectivity index (χ1n) is 14.9. The number of aliphatic hydroxyl groups excluding tert-OH is 1. The van der Waals surface area contributed by atoms with E-state index < -0.39 is 0 Å². The third kappa shape index (κ3) is 5.01. The molecule has 6 rings (SSSR count). The number of amides is 1. The number of aliphatic hydroxyl groups is 1. The van der Waals surface area contributed by atoms with Crippen LogP contribution in [0.5, 0.6) is 0 Å². The van der Waals surface area contributed by atoms with Crippen molar-refractivity contribution in [3.63, 3.8) is 0 Å². The highest BCUT2D eigenvalue weighted by Gasteiger charge is 2.38. The SMILES string of the molecule is COC1(c2ccc(-c3cc4c(N5CCN(C(=O)[C@H]6C[C@H](C)C6)CC5)ccnn4c3)cc2)CCN([C@H](C)CO)CC1. The zero-order chi connectivity index (χ0) is 27.9. The van der Waals surface area contributed by atoms with E-state index in [9.17, 15) is 9.90 Å². The number of rotatable bonds is 7. The standard InChI is InChI=1S/C32H43N5O3/c1-23-18-26(19-23)31(39)36-16-14-35(15-17-36)29-8-11-33-37-21-27(20-30(29)37)25-4-6-28(7-5-25)32(40-3)9-12-34(13-10-32)24(2)22-38/h4-8,11,20-21,23-24,26,38H,9-10,12-19,22H2,1-3H3/t23-,24-,26-/m1/s1. The lowest BCUT2D eigenvalue weighted by Crippen LogP contribution is -2.52. The molecule has 3 aliphatic rings. The number of hydrogen-bond acceptors (Lipinski definition) is 6. The fourth-order valence-electron chi connectivity index (χ4n) is 6.97. The van der Waals surface area contributed by atoms with E-state index in [2.05, 4.69) is 76.2 Å². The van der Waals surface area contributed by atoms with E-state index >= 15 is 0 Å². The van der Waals surface area contributed by atoms with Crippen LogP contribution in [-0.4, -0.2) is 89.5 Å². The predicted octanol–water partition coefficient (Wildman–Crippen LogP) is 4.01. The van der Waals surface area contributed by atoms with Gasteiger partial charge in [0.2, 0.25) is 5.91 Å². The molecule has 1 atom stereocenters. The molecule has 2 saturated heterocycles. The summed E-state index contributed by atoms with van der Waals surface area (Å²) in [6, 6.07) is 13.3. The third-order valence-corrected chi connectivity index (χ3v) is 9.77. The van der Waals surface area contributed by atoms with E-state index in [0.717, 1.165) is 81.6 Å². The van der Waals surface area contributed by atoms with E-state index in [1.807, 2.05) is 17.8 Å². The van der Waals surface area contributed by atoms with Crippen molar-refractivity contribution in [2.45, 2.75) is 51.2 Å². The Bertz CT molecular complexity index is 1320. The van der Waals surface area contributed by atoms with Crippen molar-refractivity contribution in [1.82, 2.24) is 19.4 Å². The number of aromatic nitrogens is 2. The molecule has 1 N–H and O–H groups in total. The van der Waals surface area contributed by atoms with Gasteiger partial charge in [0.15, 0.2) is 0 Å². The normalized spacial score (nSPS) is 24.2. The third-order valence-electron chi connectivity index (χ3n) is 9.77. The average Bonchev–Trinajstić information content (AvgIpc) is 3.44. The highest BCUT2D eigenvalue weighted by molar-refractivity contribution is 5.82. The Hall–Kier alpha value is -2.94. The molecule has 214 valence electrons. The summed E-state index contributed by atoms with van der Waals surface area (Å²) in [7, 11) is 1.82. The number of carbonyl (C=O) groups is 1. The number of anilines is 1. The Morgan fingerprint density at radius 3 is 2.38 bits per heavy atom. The molecule has 0 bridgehead atoms. The molecule has 1 saturated carbocycles. The van der Waals surface area contributed by atoms with Crippen LogP contribution in [0, 0.1) is 11.8 Å². The highest BCUT2D eigenvalue weighted by atomic mass is 16.5. The van der Waals surface area contributed by atoms with Gasteiger partial charge in [-0.2, -0.15) is 5.10 Å². The summed E-state index contributed by atoms with van der Waals surface area (Å²) in [5.41, 5.74) is 5.48. The smallest absolute Gasteiger partial charge is 0.225 e. The topological polar surface area (TPSA) is 73.5 Å². The van der Waals surface area contributed by atoms with Gasteiger partial charge in [-0.1, -0.05) is 31.2 Å². The van der Waals surface area contributed by atoms with Crippen LogP contribution in [0.4, 0.5) is 5.69 Å². The van der Waals surface area contributed by atoms with Crippen molar-refractivity contribution in [2.75, 3.05) is 57.9 Å². The van der Waals surface area contributed by atoms with Crippen LogP contribution < -0.4 is 4.90 Å². The van der Waals surface area contributed by atoms with Gasteiger partial charge in [0.05, 0.1) is 23.4 Å². The Morgan fingerprint density at radius 1 is 1.05 bits per heavy atom. The van der Waals surface area contributed by atoms with Gasteiger partial charge in [-0.3, -0.25) is 9.69 Å². The minimum atomic E-state index is -0.287. The Kier molecular flexibility index (Phi) is 7.59. The van der Waals surface area contributed by atoms with Gasteiger partial charge in [-0.05, 0) is 61.8 Å². The summed E-state index contributed by atoms with van der Waals surface area (Å²) < 4.78 is 8.09. The summed E-state index contributed by atoms with van der Waals surface area (Å²) in [6.07, 6.45) is 7.89. The van der Waals surface area contributed by atoms with Crippen molar-refractivity contribution in [3.05, 3.63) is 54.4 Å². The molecule has 0 radical (unpaired) electrons. The van der Waals surface area contributed by atoms with Crippen LogP contribution in [-0.2, 0) is 15.1 Å². The summed E-state index contributed by atoms with van der Waals surface area (Å²) in [4.78, 5) is 19.6. The summed E-state index contributed by atoms with van der Waals surface area (Å²) in [5, 5.41) is 14.1. The fourth-order valence-corrected chi connectivity index (χ4v) is 6.97. The number of benzene rings is 1. The predicted molar refractivity (Wildman–Crippen MR) is 157 cm³/mol. The van der Waals surface area contributed by atoms with Gasteiger partial charge in [-0.25, -0.2) is 4.52 Å². The van der Waals surface area contributed by atoms with E-state index in [1.165, 1.54) is 11.3 Å². The number of piperazine rings is 1. The van der Waals surface area contributed by atoms with Crippen LogP contribution >= 0.6 is 0 Å². The van der Waals surface area contributed by atoms with E-state index in [1.54, 1.807) is 0 Å². The largest absolute Gasteiger partial charge is 0.395 e. The maximum atomic E-state index is 12.8. The minimum absolute atomic E-state index is 0.183. The lowest BCUT2D eigenvalue weighted by Gasteiger charge is -2.43. The molecule has 1 aliphatic carbocycles. The number of fused-ring (bicyclic) bond motifs is 1. The molecule has 2 aromatic heterocycles. The van der Waals surface area contributed by atoms with Crippen molar-refractivity contribution in [1.29, 1.82) is 0 Å². The highest BCUT2D eigenvalue weighted by Crippen LogP contribution is 2.38. The van der Waals surface area contributed by atoms with Crippen LogP contribution in [0.25, 0.3) is 16.6 Å². The van der Waals surface area contributed by atoms with Crippen molar-refractivity contribution in [2.24, 2.45) is 11.8 Å². The maximum absolute atomic E-state index is 12.8. The molecule has 40 heavy (non-hydrogen) atoms. The van der Waals surface area contributed by atoms with Gasteiger partial charge < -0.3 is 19.6 Å². The number of likely N-dealkylation sites (tertiary alicyclic amines) is 1. The van der Waals surface area contributed by atoms with Crippen LogP contribution in [0.2, 0.25) is 0 Å². The van der Waals surface area contributed by atoms with Gasteiger partial charge in [0, 0.05) is 76.3 Å². The average molecular weight is 546 g/mol. The maximum Gasteiger partial charge on any atom is 0.225 e. The first kappa shape index (κ1) is 27.2. The summed E-state index contributed by atoms with van der Waals surface area (Å²) in [6.45, 7) is 9.58. The minimum Gasteiger partial charge on any atom is -0.395 e. The lowest BCUT2D eigenvalue weighted by atomic mass is 9.75. The molecule has 0 spiro atoms. The zero-order valence-corrected chi connectivity index (χ0v) is 24.1. The molecule has 2 aliphatic heterocycles. The number of ether oxygens (including phenoxy) is 1. The van der Waals surface area contributed by atoms with Gasteiger partial charge in [0.25, 0.3) is 0 Å². The molecule has 8 heteroatoms. The second-order valence-corrected chi connectivity index (χ2v) is 12.2. The fraction of sp³-hybridized carbons (Fsp3) is 0.562. The summed E-state index contributed by atoms with van der Waals surface area (Å²) >= 11 is 0. The monoisotopic (exact) mass is 545 g/mol. The molecule has 3 fully saturated rings. The molecule has 1 aromatic carbocycles. The molecule has 0 unspecified atom stereocenters. The zero-order valence-electron chi connectivity index (χ0n) is 24.1. The van der Waals surface area contributed by atoms with Gasteiger partial charge in [0.1, 0.15) is 0 Å². The molecule has 4 heterocycles. The quantitative estimate of drug-likeness (QED) is 0.484. The van der Waals surface area contributed by atoms with Crippen LogP contribution in [0.1, 0.15) is 45.1 Å². The lowest BCUT2D eigenvalue weighted by molar-refractivity contribution is -0.140. The van der Waals surface area contributed by atoms with Crippen LogP contribution in [0.3, 0.4) is 0 Å². The molecular formula is C32H43N5O3. The first-order chi connectivity index (χ1) is 19.4. The number of methoxy groups -OCH3 is 1. The second kappa shape index (κ2) is 11.1.